The predicted molar refractivity (Wildman–Crippen MR) is 82.1 cm³/mol. The third-order valence-electron chi connectivity index (χ3n) is 3.16. The highest BCUT2D eigenvalue weighted by Crippen LogP contribution is 2.27. The summed E-state index contributed by atoms with van der Waals surface area (Å²) in [6.45, 7) is 0. The molecule has 0 spiro atoms. The summed E-state index contributed by atoms with van der Waals surface area (Å²) in [5.41, 5.74) is 2.13. The highest BCUT2D eigenvalue weighted by Gasteiger charge is 2.13. The van der Waals surface area contributed by atoms with Crippen LogP contribution in [0.15, 0.2) is 36.4 Å². The van der Waals surface area contributed by atoms with E-state index in [9.17, 15) is 4.39 Å². The van der Waals surface area contributed by atoms with Gasteiger partial charge in [0.05, 0.1) is 29.7 Å². The molecule has 0 saturated carbocycles. The van der Waals surface area contributed by atoms with Crippen LogP contribution in [-0.4, -0.2) is 16.7 Å². The number of rotatable bonds is 3. The number of benzene rings is 2. The Kier molecular flexibility index (Phi) is 3.74. The number of aromatic nitrogens is 2. The molecule has 0 aliphatic rings. The molecular formula is C15H11Cl2FN2O. The minimum Gasteiger partial charge on any atom is -0.497 e. The van der Waals surface area contributed by atoms with E-state index < -0.39 is 5.82 Å². The molecule has 0 fully saturated rings. The molecule has 0 atom stereocenters. The SMILES string of the molecule is COc1ccc2c(c1)nc(CCl)n2-c1cc(F)cc(Cl)c1. The fourth-order valence-corrected chi connectivity index (χ4v) is 2.68. The zero-order valence-corrected chi connectivity index (χ0v) is 12.6. The van der Waals surface area contributed by atoms with Gasteiger partial charge in [-0.1, -0.05) is 11.6 Å². The standard InChI is InChI=1S/C15H11Cl2FN2O/c1-21-12-2-3-14-13(7-12)19-15(8-16)20(14)11-5-9(17)4-10(18)6-11/h2-7H,8H2,1H3. The van der Waals surface area contributed by atoms with Crippen LogP contribution in [0.3, 0.4) is 0 Å². The number of ether oxygens (including phenoxy) is 1. The number of methoxy groups -OCH3 is 1. The summed E-state index contributed by atoms with van der Waals surface area (Å²) in [5, 5.41) is 0.320. The van der Waals surface area contributed by atoms with Crippen molar-refractivity contribution in [2.24, 2.45) is 0 Å². The predicted octanol–water partition coefficient (Wildman–Crippen LogP) is 4.57. The van der Waals surface area contributed by atoms with E-state index in [1.54, 1.807) is 17.7 Å². The first kappa shape index (κ1) is 14.2. The van der Waals surface area contributed by atoms with Crippen molar-refractivity contribution in [3.8, 4) is 11.4 Å². The lowest BCUT2D eigenvalue weighted by Gasteiger charge is -2.09. The van der Waals surface area contributed by atoms with E-state index in [1.165, 1.54) is 12.1 Å². The molecule has 2 aromatic carbocycles. The van der Waals surface area contributed by atoms with Crippen molar-refractivity contribution in [3.63, 3.8) is 0 Å². The van der Waals surface area contributed by atoms with E-state index >= 15 is 0 Å². The van der Waals surface area contributed by atoms with Crippen molar-refractivity contribution in [2.45, 2.75) is 5.88 Å². The first-order chi connectivity index (χ1) is 10.1. The summed E-state index contributed by atoms with van der Waals surface area (Å²) < 4.78 is 20.6. The Morgan fingerprint density at radius 2 is 2.05 bits per heavy atom. The minimum absolute atomic E-state index is 0.200. The van der Waals surface area contributed by atoms with Crippen molar-refractivity contribution in [3.05, 3.63) is 53.1 Å². The largest absolute Gasteiger partial charge is 0.497 e. The average molecular weight is 325 g/mol. The summed E-state index contributed by atoms with van der Waals surface area (Å²) in [5.74, 6) is 1.10. The van der Waals surface area contributed by atoms with Crippen molar-refractivity contribution >= 4 is 34.2 Å². The lowest BCUT2D eigenvalue weighted by molar-refractivity contribution is 0.415. The summed E-state index contributed by atoms with van der Waals surface area (Å²) in [7, 11) is 1.59. The zero-order valence-electron chi connectivity index (χ0n) is 11.1. The van der Waals surface area contributed by atoms with E-state index in [0.717, 1.165) is 11.0 Å². The van der Waals surface area contributed by atoms with Crippen LogP contribution in [0.2, 0.25) is 5.02 Å². The number of fused-ring (bicyclic) bond motifs is 1. The number of hydrogen-bond donors (Lipinski definition) is 0. The molecule has 1 heterocycles. The van der Waals surface area contributed by atoms with Gasteiger partial charge in [0.15, 0.2) is 0 Å². The molecule has 0 saturated heterocycles. The van der Waals surface area contributed by atoms with Gasteiger partial charge in [-0.3, -0.25) is 4.57 Å². The number of halogens is 3. The number of nitrogens with zero attached hydrogens (tertiary/aromatic N) is 2. The Hall–Kier alpha value is -1.78. The molecule has 0 N–H and O–H groups in total. The number of alkyl halides is 1. The molecule has 0 aliphatic heterocycles. The second kappa shape index (κ2) is 5.54. The third-order valence-corrected chi connectivity index (χ3v) is 3.61. The fraction of sp³-hybridized carbons (Fsp3) is 0.133. The highest BCUT2D eigenvalue weighted by molar-refractivity contribution is 6.30. The molecular weight excluding hydrogens is 314 g/mol. The van der Waals surface area contributed by atoms with Gasteiger partial charge in [0.25, 0.3) is 0 Å². The molecule has 108 valence electrons. The van der Waals surface area contributed by atoms with Crippen LogP contribution in [0.1, 0.15) is 5.82 Å². The van der Waals surface area contributed by atoms with E-state index in [1.807, 2.05) is 18.2 Å². The topological polar surface area (TPSA) is 27.1 Å². The van der Waals surface area contributed by atoms with Gasteiger partial charge in [-0.05, 0) is 30.3 Å². The Balaban J connectivity index is 2.29. The average Bonchev–Trinajstić information content (AvgIpc) is 2.83. The number of imidazole rings is 1. The maximum Gasteiger partial charge on any atom is 0.129 e. The molecule has 0 amide bonds. The molecule has 0 unspecified atom stereocenters. The van der Waals surface area contributed by atoms with Gasteiger partial charge < -0.3 is 4.74 Å². The van der Waals surface area contributed by atoms with Crippen LogP contribution >= 0.6 is 23.2 Å². The minimum atomic E-state index is -0.409. The van der Waals surface area contributed by atoms with Gasteiger partial charge in [-0.25, -0.2) is 9.37 Å². The summed E-state index contributed by atoms with van der Waals surface area (Å²) >= 11 is 11.9. The molecule has 0 bridgehead atoms. The lowest BCUT2D eigenvalue weighted by Crippen LogP contribution is -2.00. The monoisotopic (exact) mass is 324 g/mol. The summed E-state index contributed by atoms with van der Waals surface area (Å²) in [6.07, 6.45) is 0. The van der Waals surface area contributed by atoms with E-state index in [0.29, 0.717) is 22.3 Å². The van der Waals surface area contributed by atoms with E-state index in [4.69, 9.17) is 27.9 Å². The molecule has 3 rings (SSSR count). The van der Waals surface area contributed by atoms with Gasteiger partial charge in [0, 0.05) is 11.1 Å². The van der Waals surface area contributed by atoms with Crippen molar-refractivity contribution < 1.29 is 9.13 Å². The van der Waals surface area contributed by atoms with Crippen LogP contribution in [0, 0.1) is 5.82 Å². The van der Waals surface area contributed by atoms with E-state index in [2.05, 4.69) is 4.98 Å². The van der Waals surface area contributed by atoms with Crippen molar-refractivity contribution in [1.29, 1.82) is 0 Å². The molecule has 0 radical (unpaired) electrons. The van der Waals surface area contributed by atoms with Gasteiger partial charge in [0.1, 0.15) is 17.4 Å². The third kappa shape index (κ3) is 2.57. The normalized spacial score (nSPS) is 11.0. The molecule has 0 aliphatic carbocycles. The fourth-order valence-electron chi connectivity index (χ4n) is 2.28. The van der Waals surface area contributed by atoms with Gasteiger partial charge in [0.2, 0.25) is 0 Å². The second-order valence-electron chi connectivity index (χ2n) is 4.48. The molecule has 21 heavy (non-hydrogen) atoms. The van der Waals surface area contributed by atoms with Crippen LogP contribution in [-0.2, 0) is 5.88 Å². The lowest BCUT2D eigenvalue weighted by atomic mass is 10.2. The molecule has 6 heteroatoms. The maximum atomic E-state index is 13.6. The van der Waals surface area contributed by atoms with Gasteiger partial charge in [-0.15, -0.1) is 11.6 Å². The quantitative estimate of drug-likeness (QED) is 0.660. The van der Waals surface area contributed by atoms with Crippen LogP contribution in [0.25, 0.3) is 16.7 Å². The first-order valence-electron chi connectivity index (χ1n) is 6.20. The smallest absolute Gasteiger partial charge is 0.129 e. The summed E-state index contributed by atoms with van der Waals surface area (Å²) in [6, 6.07) is 9.81. The van der Waals surface area contributed by atoms with Crippen LogP contribution in [0.5, 0.6) is 5.75 Å². The Bertz CT molecular complexity index is 797. The molecule has 1 aromatic heterocycles. The van der Waals surface area contributed by atoms with Crippen LogP contribution in [0.4, 0.5) is 4.39 Å². The summed E-state index contributed by atoms with van der Waals surface area (Å²) in [4.78, 5) is 4.46. The molecule has 3 aromatic rings. The van der Waals surface area contributed by atoms with Crippen LogP contribution < -0.4 is 4.74 Å². The van der Waals surface area contributed by atoms with Gasteiger partial charge >= 0.3 is 0 Å². The molecule has 3 nitrogen and oxygen atoms in total. The number of hydrogen-bond acceptors (Lipinski definition) is 2. The van der Waals surface area contributed by atoms with Crippen molar-refractivity contribution in [1.82, 2.24) is 9.55 Å². The highest BCUT2D eigenvalue weighted by atomic mass is 35.5. The van der Waals surface area contributed by atoms with Crippen molar-refractivity contribution in [2.75, 3.05) is 7.11 Å². The first-order valence-corrected chi connectivity index (χ1v) is 7.11. The Morgan fingerprint density at radius 3 is 2.71 bits per heavy atom. The van der Waals surface area contributed by atoms with Gasteiger partial charge in [-0.2, -0.15) is 0 Å². The second-order valence-corrected chi connectivity index (χ2v) is 5.18. The Morgan fingerprint density at radius 1 is 1.24 bits per heavy atom. The zero-order chi connectivity index (χ0) is 15.0. The Labute approximate surface area is 130 Å². The van der Waals surface area contributed by atoms with E-state index in [-0.39, 0.29) is 5.88 Å². The maximum absolute atomic E-state index is 13.6.